The summed E-state index contributed by atoms with van der Waals surface area (Å²) < 4.78 is 0. The Bertz CT molecular complexity index is 78.2. The fourth-order valence-corrected chi connectivity index (χ4v) is 0.831. The molecule has 1 saturated carbocycles. The molecule has 1 fully saturated rings. The van der Waals surface area contributed by atoms with Gasteiger partial charge in [0.1, 0.15) is 0 Å². The van der Waals surface area contributed by atoms with Crippen molar-refractivity contribution in [2.75, 3.05) is 6.54 Å². The molecule has 2 atom stereocenters. The van der Waals surface area contributed by atoms with Crippen LogP contribution in [0.2, 0.25) is 0 Å². The van der Waals surface area contributed by atoms with Crippen LogP contribution < -0.4 is 5.73 Å². The molecule has 0 unspecified atom stereocenters. The summed E-state index contributed by atoms with van der Waals surface area (Å²) in [4.78, 5) is 0. The topological polar surface area (TPSA) is 26.0 Å². The van der Waals surface area contributed by atoms with E-state index in [1.165, 1.54) is 6.42 Å². The molecule has 0 bridgehead atoms. The summed E-state index contributed by atoms with van der Waals surface area (Å²) in [6.07, 6.45) is 3.28. The summed E-state index contributed by atoms with van der Waals surface area (Å²) in [5, 5.41) is 0. The van der Waals surface area contributed by atoms with Crippen molar-refractivity contribution in [2.45, 2.75) is 6.42 Å². The fourth-order valence-electron chi connectivity index (χ4n) is 0.831. The minimum Gasteiger partial charge on any atom is -0.330 e. The van der Waals surface area contributed by atoms with Crippen molar-refractivity contribution in [2.24, 2.45) is 17.6 Å². The van der Waals surface area contributed by atoms with E-state index in [0.717, 1.165) is 18.4 Å². The highest BCUT2D eigenvalue weighted by molar-refractivity contribution is 4.97. The van der Waals surface area contributed by atoms with Gasteiger partial charge in [-0.05, 0) is 24.8 Å². The van der Waals surface area contributed by atoms with Crippen LogP contribution in [0.1, 0.15) is 6.42 Å². The third-order valence-electron chi connectivity index (χ3n) is 1.58. The Hall–Kier alpha value is -0.300. The van der Waals surface area contributed by atoms with Crippen LogP contribution in [-0.2, 0) is 0 Å². The molecule has 0 aromatic carbocycles. The summed E-state index contributed by atoms with van der Waals surface area (Å²) in [7, 11) is 0. The SMILES string of the molecule is C=C[C@@H]1C[C@@H]1CN. The molecular formula is C6H11N. The zero-order valence-corrected chi connectivity index (χ0v) is 4.43. The van der Waals surface area contributed by atoms with Crippen LogP contribution in [0.25, 0.3) is 0 Å². The molecule has 0 radical (unpaired) electrons. The Labute approximate surface area is 44.2 Å². The maximum Gasteiger partial charge on any atom is -0.00430 e. The predicted octanol–water partition coefficient (Wildman–Crippen LogP) is 0.767. The lowest BCUT2D eigenvalue weighted by Crippen LogP contribution is -2.01. The lowest BCUT2D eigenvalue weighted by atomic mass is 10.3. The monoisotopic (exact) mass is 97.1 g/mol. The van der Waals surface area contributed by atoms with Crippen LogP contribution in [0, 0.1) is 11.8 Å². The number of hydrogen-bond acceptors (Lipinski definition) is 1. The van der Waals surface area contributed by atoms with Crippen LogP contribution in [0.5, 0.6) is 0 Å². The molecular weight excluding hydrogens is 86.1 g/mol. The highest BCUT2D eigenvalue weighted by Crippen LogP contribution is 2.37. The lowest BCUT2D eigenvalue weighted by molar-refractivity contribution is 0.799. The second-order valence-electron chi connectivity index (χ2n) is 2.13. The van der Waals surface area contributed by atoms with Gasteiger partial charge < -0.3 is 5.73 Å². The second-order valence-corrected chi connectivity index (χ2v) is 2.13. The van der Waals surface area contributed by atoms with Gasteiger partial charge in [0.15, 0.2) is 0 Å². The quantitative estimate of drug-likeness (QED) is 0.506. The maximum atomic E-state index is 5.35. The molecule has 0 aromatic rings. The smallest absolute Gasteiger partial charge is 0.00430 e. The van der Waals surface area contributed by atoms with E-state index in [9.17, 15) is 0 Å². The van der Waals surface area contributed by atoms with Crippen LogP contribution in [0.3, 0.4) is 0 Å². The minimum absolute atomic E-state index is 0.755. The van der Waals surface area contributed by atoms with Gasteiger partial charge in [-0.2, -0.15) is 0 Å². The first-order valence-corrected chi connectivity index (χ1v) is 2.71. The average molecular weight is 97.2 g/mol. The van der Waals surface area contributed by atoms with Crippen molar-refractivity contribution < 1.29 is 0 Å². The summed E-state index contributed by atoms with van der Waals surface area (Å²) in [5.41, 5.74) is 5.35. The standard InChI is InChI=1S/C6H11N/c1-2-5-3-6(5)4-7/h2,5-6H,1,3-4,7H2/t5-,6-/m1/s1. The summed E-state index contributed by atoms with van der Waals surface area (Å²) in [6, 6.07) is 0. The fraction of sp³-hybridized carbons (Fsp3) is 0.667. The first-order valence-electron chi connectivity index (χ1n) is 2.71. The Kier molecular flexibility index (Phi) is 1.15. The van der Waals surface area contributed by atoms with Gasteiger partial charge in [0, 0.05) is 0 Å². The van der Waals surface area contributed by atoms with Crippen molar-refractivity contribution >= 4 is 0 Å². The van der Waals surface area contributed by atoms with E-state index in [4.69, 9.17) is 5.73 Å². The molecule has 1 rings (SSSR count). The van der Waals surface area contributed by atoms with Gasteiger partial charge in [-0.25, -0.2) is 0 Å². The van der Waals surface area contributed by atoms with Crippen LogP contribution in [0.15, 0.2) is 12.7 Å². The highest BCUT2D eigenvalue weighted by Gasteiger charge is 2.32. The zero-order valence-electron chi connectivity index (χ0n) is 4.43. The summed E-state index contributed by atoms with van der Waals surface area (Å²) in [6.45, 7) is 4.51. The van der Waals surface area contributed by atoms with E-state index in [0.29, 0.717) is 0 Å². The third kappa shape index (κ3) is 0.829. The number of nitrogens with two attached hydrogens (primary N) is 1. The number of rotatable bonds is 2. The molecule has 1 aliphatic carbocycles. The molecule has 2 N–H and O–H groups in total. The lowest BCUT2D eigenvalue weighted by Gasteiger charge is -1.82. The van der Waals surface area contributed by atoms with Gasteiger partial charge in [0.25, 0.3) is 0 Å². The van der Waals surface area contributed by atoms with E-state index in [-0.39, 0.29) is 0 Å². The molecule has 0 aliphatic heterocycles. The van der Waals surface area contributed by atoms with Crippen molar-refractivity contribution in [3.05, 3.63) is 12.7 Å². The van der Waals surface area contributed by atoms with Crippen LogP contribution >= 0.6 is 0 Å². The third-order valence-corrected chi connectivity index (χ3v) is 1.58. The van der Waals surface area contributed by atoms with Crippen molar-refractivity contribution in [3.63, 3.8) is 0 Å². The summed E-state index contributed by atoms with van der Waals surface area (Å²) >= 11 is 0. The number of allylic oxidation sites excluding steroid dienone is 1. The van der Waals surface area contributed by atoms with Gasteiger partial charge in [-0.1, -0.05) is 6.08 Å². The van der Waals surface area contributed by atoms with E-state index < -0.39 is 0 Å². The first kappa shape index (κ1) is 4.85. The second kappa shape index (κ2) is 1.66. The average Bonchev–Trinajstić information content (AvgIpc) is 2.43. The molecule has 40 valence electrons. The number of hydrogen-bond donors (Lipinski definition) is 1. The predicted molar refractivity (Wildman–Crippen MR) is 30.8 cm³/mol. The first-order chi connectivity index (χ1) is 3.38. The van der Waals surface area contributed by atoms with Crippen LogP contribution in [0.4, 0.5) is 0 Å². The molecule has 0 amide bonds. The Balaban J connectivity index is 2.17. The van der Waals surface area contributed by atoms with Gasteiger partial charge in [-0.15, -0.1) is 6.58 Å². The molecule has 1 heteroatoms. The Morgan fingerprint density at radius 1 is 1.86 bits per heavy atom. The van der Waals surface area contributed by atoms with Gasteiger partial charge in [0.2, 0.25) is 0 Å². The van der Waals surface area contributed by atoms with Gasteiger partial charge in [0.05, 0.1) is 0 Å². The van der Waals surface area contributed by atoms with Crippen molar-refractivity contribution in [1.82, 2.24) is 0 Å². The molecule has 0 heterocycles. The van der Waals surface area contributed by atoms with Crippen LogP contribution in [-0.4, -0.2) is 6.54 Å². The van der Waals surface area contributed by atoms with Crippen molar-refractivity contribution in [1.29, 1.82) is 0 Å². The molecule has 1 nitrogen and oxygen atoms in total. The van der Waals surface area contributed by atoms with Gasteiger partial charge in [-0.3, -0.25) is 0 Å². The van der Waals surface area contributed by atoms with E-state index in [1.807, 2.05) is 6.08 Å². The van der Waals surface area contributed by atoms with E-state index in [2.05, 4.69) is 6.58 Å². The van der Waals surface area contributed by atoms with Crippen molar-refractivity contribution in [3.8, 4) is 0 Å². The minimum atomic E-state index is 0.755. The molecule has 7 heavy (non-hydrogen) atoms. The molecule has 0 spiro atoms. The van der Waals surface area contributed by atoms with E-state index in [1.54, 1.807) is 0 Å². The molecule has 0 saturated heterocycles. The Morgan fingerprint density at radius 3 is 2.71 bits per heavy atom. The van der Waals surface area contributed by atoms with E-state index >= 15 is 0 Å². The summed E-state index contributed by atoms with van der Waals surface area (Å²) in [5.74, 6) is 1.53. The maximum absolute atomic E-state index is 5.35. The molecule has 1 aliphatic rings. The molecule has 0 aromatic heterocycles. The zero-order chi connectivity index (χ0) is 5.28. The highest BCUT2D eigenvalue weighted by atomic mass is 14.6. The van der Waals surface area contributed by atoms with Gasteiger partial charge >= 0.3 is 0 Å². The largest absolute Gasteiger partial charge is 0.330 e. The Morgan fingerprint density at radius 2 is 2.57 bits per heavy atom. The normalized spacial score (nSPS) is 37.9.